The van der Waals surface area contributed by atoms with Crippen LogP contribution in [0.15, 0.2) is 9.90 Å². The summed E-state index contributed by atoms with van der Waals surface area (Å²) in [5.41, 5.74) is 2.19. The molecular weight excluding hydrogens is 352 g/mol. The zero-order chi connectivity index (χ0) is 18.5. The van der Waals surface area contributed by atoms with Crippen molar-refractivity contribution in [1.82, 2.24) is 19.9 Å². The third kappa shape index (κ3) is 2.92. The first kappa shape index (κ1) is 17.2. The first-order valence-electron chi connectivity index (χ1n) is 8.78. The molecule has 0 radical (unpaired) electrons. The zero-order valence-electron chi connectivity index (χ0n) is 15.2. The van der Waals surface area contributed by atoms with Crippen molar-refractivity contribution in [2.24, 2.45) is 5.41 Å². The summed E-state index contributed by atoms with van der Waals surface area (Å²) in [7, 11) is 0. The standard InChI is InChI=1S/C18H22N4O3S/c1-11-14(12(2)25-20-11)7-22-10-18(6-16(22)23)4-5-21(9-18)17(24)15-8-26-13(3)19-15/h8H,4-7,9-10H2,1-3H3. The second-order valence-electron chi connectivity index (χ2n) is 7.46. The predicted octanol–water partition coefficient (Wildman–Crippen LogP) is 2.32. The topological polar surface area (TPSA) is 79.5 Å². The molecule has 1 atom stereocenters. The average molecular weight is 374 g/mol. The fourth-order valence-electron chi connectivity index (χ4n) is 4.05. The summed E-state index contributed by atoms with van der Waals surface area (Å²) in [5.74, 6) is 0.880. The van der Waals surface area contributed by atoms with Gasteiger partial charge in [0.1, 0.15) is 11.5 Å². The number of rotatable bonds is 3. The van der Waals surface area contributed by atoms with Gasteiger partial charge in [-0.1, -0.05) is 5.16 Å². The molecule has 4 rings (SSSR count). The molecular formula is C18H22N4O3S. The zero-order valence-corrected chi connectivity index (χ0v) is 16.1. The molecule has 0 bridgehead atoms. The summed E-state index contributed by atoms with van der Waals surface area (Å²) in [4.78, 5) is 33.3. The number of carbonyl (C=O) groups is 2. The highest BCUT2D eigenvalue weighted by Gasteiger charge is 2.48. The Bertz CT molecular complexity index is 854. The first-order chi connectivity index (χ1) is 12.4. The van der Waals surface area contributed by atoms with Gasteiger partial charge in [0.05, 0.1) is 17.2 Å². The third-order valence-electron chi connectivity index (χ3n) is 5.50. The van der Waals surface area contributed by atoms with Gasteiger partial charge in [-0.25, -0.2) is 4.98 Å². The Kier molecular flexibility index (Phi) is 4.10. The van der Waals surface area contributed by atoms with Crippen LogP contribution >= 0.6 is 11.3 Å². The lowest BCUT2D eigenvalue weighted by Gasteiger charge is -2.24. The minimum Gasteiger partial charge on any atom is -0.361 e. The molecule has 2 aliphatic rings. The van der Waals surface area contributed by atoms with Gasteiger partial charge in [-0.2, -0.15) is 0 Å². The van der Waals surface area contributed by atoms with Gasteiger partial charge < -0.3 is 14.3 Å². The van der Waals surface area contributed by atoms with E-state index in [0.29, 0.717) is 38.3 Å². The van der Waals surface area contributed by atoms with Crippen LogP contribution in [0.4, 0.5) is 0 Å². The van der Waals surface area contributed by atoms with Gasteiger partial charge in [-0.05, 0) is 27.2 Å². The van der Waals surface area contributed by atoms with Gasteiger partial charge in [-0.15, -0.1) is 11.3 Å². The van der Waals surface area contributed by atoms with Crippen molar-refractivity contribution in [1.29, 1.82) is 0 Å². The normalized spacial score (nSPS) is 22.8. The summed E-state index contributed by atoms with van der Waals surface area (Å²) in [6, 6.07) is 0. The molecule has 2 fully saturated rings. The molecule has 7 nitrogen and oxygen atoms in total. The number of hydrogen-bond acceptors (Lipinski definition) is 6. The van der Waals surface area contributed by atoms with E-state index in [-0.39, 0.29) is 17.2 Å². The lowest BCUT2D eigenvalue weighted by Crippen LogP contribution is -2.34. The van der Waals surface area contributed by atoms with Crippen LogP contribution < -0.4 is 0 Å². The van der Waals surface area contributed by atoms with Gasteiger partial charge in [0.15, 0.2) is 0 Å². The van der Waals surface area contributed by atoms with E-state index in [1.54, 1.807) is 0 Å². The molecule has 138 valence electrons. The first-order valence-corrected chi connectivity index (χ1v) is 9.66. The average Bonchev–Trinajstić information content (AvgIpc) is 3.34. The minimum atomic E-state index is -0.142. The van der Waals surface area contributed by atoms with Crippen molar-refractivity contribution in [2.75, 3.05) is 19.6 Å². The molecule has 0 N–H and O–H groups in total. The number of carbonyl (C=O) groups excluding carboxylic acids is 2. The maximum absolute atomic E-state index is 12.7. The number of hydrogen-bond donors (Lipinski definition) is 0. The number of nitrogens with zero attached hydrogens (tertiary/aromatic N) is 4. The second-order valence-corrected chi connectivity index (χ2v) is 8.52. The molecule has 0 aromatic carbocycles. The Balaban J connectivity index is 1.46. The van der Waals surface area contributed by atoms with Crippen LogP contribution in [0.2, 0.25) is 0 Å². The molecule has 1 spiro atoms. The van der Waals surface area contributed by atoms with E-state index in [1.165, 1.54) is 11.3 Å². The summed E-state index contributed by atoms with van der Waals surface area (Å²) >= 11 is 1.49. The van der Waals surface area contributed by atoms with E-state index < -0.39 is 0 Å². The van der Waals surface area contributed by atoms with Crippen LogP contribution in [0.25, 0.3) is 0 Å². The van der Waals surface area contributed by atoms with Crippen LogP contribution in [0.5, 0.6) is 0 Å². The van der Waals surface area contributed by atoms with Gasteiger partial charge >= 0.3 is 0 Å². The highest BCUT2D eigenvalue weighted by molar-refractivity contribution is 7.09. The largest absolute Gasteiger partial charge is 0.361 e. The molecule has 2 aromatic heterocycles. The maximum Gasteiger partial charge on any atom is 0.273 e. The Morgan fingerprint density at radius 3 is 2.81 bits per heavy atom. The SMILES string of the molecule is Cc1nc(C(=O)N2CCC3(CC(=O)N(Cc4c(C)noc4C)C3)C2)cs1. The van der Waals surface area contributed by atoms with Crippen molar-refractivity contribution in [3.63, 3.8) is 0 Å². The quantitative estimate of drug-likeness (QED) is 0.824. The van der Waals surface area contributed by atoms with E-state index in [4.69, 9.17) is 4.52 Å². The lowest BCUT2D eigenvalue weighted by molar-refractivity contribution is -0.128. The van der Waals surface area contributed by atoms with Crippen molar-refractivity contribution in [3.8, 4) is 0 Å². The summed E-state index contributed by atoms with van der Waals surface area (Å²) in [6.07, 6.45) is 1.35. The van der Waals surface area contributed by atoms with Gasteiger partial charge in [0.25, 0.3) is 5.91 Å². The molecule has 26 heavy (non-hydrogen) atoms. The van der Waals surface area contributed by atoms with Crippen molar-refractivity contribution in [2.45, 2.75) is 40.2 Å². The lowest BCUT2D eigenvalue weighted by atomic mass is 9.86. The van der Waals surface area contributed by atoms with E-state index in [9.17, 15) is 9.59 Å². The van der Waals surface area contributed by atoms with Crippen LogP contribution in [0.3, 0.4) is 0 Å². The van der Waals surface area contributed by atoms with Crippen molar-refractivity contribution < 1.29 is 14.1 Å². The van der Waals surface area contributed by atoms with Crippen LogP contribution in [0, 0.1) is 26.2 Å². The molecule has 8 heteroatoms. The fourth-order valence-corrected chi connectivity index (χ4v) is 4.64. The number of amides is 2. The Labute approximate surface area is 156 Å². The van der Waals surface area contributed by atoms with Crippen molar-refractivity contribution >= 4 is 23.2 Å². The predicted molar refractivity (Wildman–Crippen MR) is 95.8 cm³/mol. The molecule has 1 unspecified atom stereocenters. The summed E-state index contributed by atoms with van der Waals surface area (Å²) in [5, 5.41) is 6.68. The van der Waals surface area contributed by atoms with Crippen molar-refractivity contribution in [3.05, 3.63) is 33.1 Å². The number of thiazole rings is 1. The van der Waals surface area contributed by atoms with Crippen LogP contribution in [-0.4, -0.2) is 51.4 Å². The van der Waals surface area contributed by atoms with Gasteiger partial charge in [0, 0.05) is 42.4 Å². The highest BCUT2D eigenvalue weighted by Crippen LogP contribution is 2.41. The second kappa shape index (κ2) is 6.19. The molecule has 0 saturated carbocycles. The number of aromatic nitrogens is 2. The Morgan fingerprint density at radius 1 is 1.35 bits per heavy atom. The summed E-state index contributed by atoms with van der Waals surface area (Å²) in [6.45, 7) is 8.17. The van der Waals surface area contributed by atoms with E-state index in [2.05, 4.69) is 10.1 Å². The maximum atomic E-state index is 12.7. The molecule has 2 saturated heterocycles. The highest BCUT2D eigenvalue weighted by atomic mass is 32.1. The smallest absolute Gasteiger partial charge is 0.273 e. The van der Waals surface area contributed by atoms with Crippen LogP contribution in [0.1, 0.15) is 45.4 Å². The Morgan fingerprint density at radius 2 is 2.15 bits per heavy atom. The molecule has 2 amide bonds. The third-order valence-corrected chi connectivity index (χ3v) is 6.27. The number of likely N-dealkylation sites (tertiary alicyclic amines) is 2. The Hall–Kier alpha value is -2.22. The molecule has 2 aromatic rings. The van der Waals surface area contributed by atoms with E-state index >= 15 is 0 Å². The van der Waals surface area contributed by atoms with Crippen LogP contribution in [-0.2, 0) is 11.3 Å². The monoisotopic (exact) mass is 374 g/mol. The number of aryl methyl sites for hydroxylation is 3. The minimum absolute atomic E-state index is 0.0251. The van der Waals surface area contributed by atoms with Gasteiger partial charge in [0.2, 0.25) is 5.91 Å². The van der Waals surface area contributed by atoms with E-state index in [0.717, 1.165) is 28.4 Å². The fraction of sp³-hybridized carbons (Fsp3) is 0.556. The van der Waals surface area contributed by atoms with Gasteiger partial charge in [-0.3, -0.25) is 9.59 Å². The summed E-state index contributed by atoms with van der Waals surface area (Å²) < 4.78 is 5.21. The molecule has 0 aliphatic carbocycles. The molecule has 2 aliphatic heterocycles. The van der Waals surface area contributed by atoms with E-state index in [1.807, 2.05) is 36.0 Å². The molecule has 4 heterocycles.